The second-order valence-corrected chi connectivity index (χ2v) is 6.71. The van der Waals surface area contributed by atoms with Gasteiger partial charge in [0.15, 0.2) is 0 Å². The maximum atomic E-state index is 11.8. The first-order valence-electron chi connectivity index (χ1n) is 7.79. The molecular weight excluding hydrogens is 268 g/mol. The predicted molar refractivity (Wildman–Crippen MR) is 85.2 cm³/mol. The number of nitrogens with zero attached hydrogens (tertiary/aromatic N) is 1. The molecule has 112 valence electrons. The number of amides is 1. The monoisotopic (exact) mass is 294 g/mol. The van der Waals surface area contributed by atoms with E-state index in [0.29, 0.717) is 12.5 Å². The molecular formula is C16H26N2OS. The third-order valence-corrected chi connectivity index (χ3v) is 4.95. The quantitative estimate of drug-likeness (QED) is 0.747. The van der Waals surface area contributed by atoms with Crippen LogP contribution in [-0.4, -0.2) is 36.5 Å². The number of hydrogen-bond donors (Lipinski definition) is 1. The molecule has 1 aromatic heterocycles. The fraction of sp³-hybridized carbons (Fsp3) is 0.688. The zero-order chi connectivity index (χ0) is 14.2. The van der Waals surface area contributed by atoms with Gasteiger partial charge in [-0.15, -0.1) is 11.3 Å². The van der Waals surface area contributed by atoms with Gasteiger partial charge in [-0.3, -0.25) is 9.69 Å². The van der Waals surface area contributed by atoms with Crippen molar-refractivity contribution in [2.75, 3.05) is 19.6 Å². The molecule has 1 aliphatic heterocycles. The summed E-state index contributed by atoms with van der Waals surface area (Å²) in [6.07, 6.45) is 6.48. The van der Waals surface area contributed by atoms with Crippen molar-refractivity contribution < 1.29 is 4.79 Å². The third-order valence-electron chi connectivity index (χ3n) is 4.02. The van der Waals surface area contributed by atoms with Gasteiger partial charge in [0.1, 0.15) is 0 Å². The van der Waals surface area contributed by atoms with Crippen molar-refractivity contribution in [2.24, 2.45) is 0 Å². The zero-order valence-corrected chi connectivity index (χ0v) is 13.3. The van der Waals surface area contributed by atoms with E-state index < -0.39 is 0 Å². The van der Waals surface area contributed by atoms with Gasteiger partial charge < -0.3 is 5.32 Å². The molecule has 1 N–H and O–H groups in total. The summed E-state index contributed by atoms with van der Waals surface area (Å²) < 4.78 is 0. The molecule has 0 aliphatic carbocycles. The van der Waals surface area contributed by atoms with Crippen LogP contribution in [0.1, 0.15) is 43.9 Å². The first kappa shape index (κ1) is 15.5. The van der Waals surface area contributed by atoms with Crippen LogP contribution in [0, 0.1) is 0 Å². The molecule has 1 unspecified atom stereocenters. The highest BCUT2D eigenvalue weighted by molar-refractivity contribution is 7.09. The van der Waals surface area contributed by atoms with Crippen LogP contribution in [0.3, 0.4) is 0 Å². The average Bonchev–Trinajstić information content (AvgIpc) is 3.13. The maximum Gasteiger partial charge on any atom is 0.220 e. The lowest BCUT2D eigenvalue weighted by Gasteiger charge is -2.23. The van der Waals surface area contributed by atoms with Gasteiger partial charge in [-0.05, 0) is 63.6 Å². The van der Waals surface area contributed by atoms with Gasteiger partial charge in [-0.2, -0.15) is 0 Å². The Labute approximate surface area is 126 Å². The fourth-order valence-corrected chi connectivity index (χ4v) is 3.45. The number of likely N-dealkylation sites (tertiary alicyclic amines) is 1. The summed E-state index contributed by atoms with van der Waals surface area (Å²) in [5.41, 5.74) is 0. The molecule has 1 fully saturated rings. The first-order chi connectivity index (χ1) is 9.75. The number of rotatable bonds is 8. The number of aryl methyl sites for hydroxylation is 1. The number of hydrogen-bond acceptors (Lipinski definition) is 3. The summed E-state index contributed by atoms with van der Waals surface area (Å²) in [5.74, 6) is 0.210. The Morgan fingerprint density at radius 1 is 1.40 bits per heavy atom. The molecule has 3 nitrogen and oxygen atoms in total. The van der Waals surface area contributed by atoms with Gasteiger partial charge in [0.05, 0.1) is 0 Å². The largest absolute Gasteiger partial charge is 0.355 e. The van der Waals surface area contributed by atoms with Crippen LogP contribution in [0.4, 0.5) is 0 Å². The van der Waals surface area contributed by atoms with E-state index in [0.717, 1.165) is 25.8 Å². The van der Waals surface area contributed by atoms with Crippen LogP contribution in [0.5, 0.6) is 0 Å². The number of thiophene rings is 1. The van der Waals surface area contributed by atoms with Crippen molar-refractivity contribution in [1.29, 1.82) is 0 Å². The number of carbonyl (C=O) groups excluding carboxylic acids is 1. The molecule has 0 aromatic carbocycles. The maximum absolute atomic E-state index is 11.8. The Bertz CT molecular complexity index is 385. The second-order valence-electron chi connectivity index (χ2n) is 5.68. The van der Waals surface area contributed by atoms with E-state index >= 15 is 0 Å². The molecule has 2 heterocycles. The molecule has 1 saturated heterocycles. The van der Waals surface area contributed by atoms with E-state index in [4.69, 9.17) is 0 Å². The highest BCUT2D eigenvalue weighted by Gasteiger charge is 2.18. The predicted octanol–water partition coefficient (Wildman–Crippen LogP) is 3.06. The van der Waals surface area contributed by atoms with Crippen LogP contribution in [0.15, 0.2) is 17.5 Å². The van der Waals surface area contributed by atoms with Crippen LogP contribution in [0.2, 0.25) is 0 Å². The number of unbranched alkanes of at least 4 members (excludes halogenated alkanes) is 1. The van der Waals surface area contributed by atoms with Crippen molar-refractivity contribution in [3.8, 4) is 0 Å². The fourth-order valence-electron chi connectivity index (χ4n) is 2.70. The van der Waals surface area contributed by atoms with E-state index in [-0.39, 0.29) is 5.91 Å². The number of nitrogens with one attached hydrogen (secondary N) is 1. The molecule has 0 spiro atoms. The van der Waals surface area contributed by atoms with Gasteiger partial charge in [0.25, 0.3) is 0 Å². The van der Waals surface area contributed by atoms with E-state index in [2.05, 4.69) is 34.7 Å². The van der Waals surface area contributed by atoms with Crippen molar-refractivity contribution in [1.82, 2.24) is 10.2 Å². The standard InChI is InChI=1S/C16H26N2OS/c1-14(18-10-4-5-11-18)13-17-16(19)9-3-2-7-15-8-6-12-20-15/h6,8,12,14H,2-5,7,9-11,13H2,1H3,(H,17,19). The molecule has 2 rings (SSSR count). The molecule has 1 atom stereocenters. The lowest BCUT2D eigenvalue weighted by Crippen LogP contribution is -2.40. The molecule has 1 aromatic rings. The zero-order valence-electron chi connectivity index (χ0n) is 12.4. The van der Waals surface area contributed by atoms with Gasteiger partial charge in [-0.1, -0.05) is 6.07 Å². The average molecular weight is 294 g/mol. The van der Waals surface area contributed by atoms with Crippen LogP contribution in [0.25, 0.3) is 0 Å². The first-order valence-corrected chi connectivity index (χ1v) is 8.67. The van der Waals surface area contributed by atoms with E-state index in [9.17, 15) is 4.79 Å². The second kappa shape index (κ2) is 8.42. The third kappa shape index (κ3) is 5.25. The SMILES string of the molecule is CC(CNC(=O)CCCCc1cccs1)N1CCCC1. The lowest BCUT2D eigenvalue weighted by atomic mass is 10.1. The van der Waals surface area contributed by atoms with Gasteiger partial charge in [-0.25, -0.2) is 0 Å². The Kier molecular flexibility index (Phi) is 6.54. The summed E-state index contributed by atoms with van der Waals surface area (Å²) in [7, 11) is 0. The van der Waals surface area contributed by atoms with Crippen molar-refractivity contribution >= 4 is 17.2 Å². The topological polar surface area (TPSA) is 32.3 Å². The normalized spacial score (nSPS) is 17.2. The minimum absolute atomic E-state index is 0.210. The summed E-state index contributed by atoms with van der Waals surface area (Å²) in [6.45, 7) is 5.39. The van der Waals surface area contributed by atoms with Gasteiger partial charge in [0, 0.05) is 23.9 Å². The molecule has 20 heavy (non-hydrogen) atoms. The molecule has 0 bridgehead atoms. The van der Waals surface area contributed by atoms with E-state index in [1.165, 1.54) is 30.8 Å². The van der Waals surface area contributed by atoms with Crippen LogP contribution >= 0.6 is 11.3 Å². The molecule has 1 amide bonds. The molecule has 4 heteroatoms. The smallest absolute Gasteiger partial charge is 0.220 e. The highest BCUT2D eigenvalue weighted by Crippen LogP contribution is 2.13. The summed E-state index contributed by atoms with van der Waals surface area (Å²) in [5, 5.41) is 5.19. The Morgan fingerprint density at radius 2 is 2.20 bits per heavy atom. The van der Waals surface area contributed by atoms with Gasteiger partial charge in [0.2, 0.25) is 5.91 Å². The summed E-state index contributed by atoms with van der Waals surface area (Å²) in [6, 6.07) is 4.74. The minimum atomic E-state index is 0.210. The minimum Gasteiger partial charge on any atom is -0.355 e. The molecule has 0 radical (unpaired) electrons. The molecule has 1 aliphatic rings. The van der Waals surface area contributed by atoms with Gasteiger partial charge >= 0.3 is 0 Å². The lowest BCUT2D eigenvalue weighted by molar-refractivity contribution is -0.121. The van der Waals surface area contributed by atoms with E-state index in [1.807, 2.05) is 0 Å². The highest BCUT2D eigenvalue weighted by atomic mass is 32.1. The van der Waals surface area contributed by atoms with Crippen molar-refractivity contribution in [2.45, 2.75) is 51.5 Å². The van der Waals surface area contributed by atoms with Crippen molar-refractivity contribution in [3.63, 3.8) is 0 Å². The van der Waals surface area contributed by atoms with E-state index in [1.54, 1.807) is 11.3 Å². The Hall–Kier alpha value is -0.870. The van der Waals surface area contributed by atoms with Crippen molar-refractivity contribution in [3.05, 3.63) is 22.4 Å². The number of carbonyl (C=O) groups is 1. The Morgan fingerprint density at radius 3 is 2.90 bits per heavy atom. The summed E-state index contributed by atoms with van der Waals surface area (Å²) >= 11 is 1.80. The molecule has 0 saturated carbocycles. The van der Waals surface area contributed by atoms with Crippen LogP contribution in [-0.2, 0) is 11.2 Å². The van der Waals surface area contributed by atoms with Crippen LogP contribution < -0.4 is 5.32 Å². The Balaban J connectivity index is 1.51. The summed E-state index contributed by atoms with van der Waals surface area (Å²) in [4.78, 5) is 15.7.